The molecule has 0 unspecified atom stereocenters. The molecular formula is C14H24N2O. The van der Waals surface area contributed by atoms with Crippen LogP contribution in [-0.4, -0.2) is 18.6 Å². The highest BCUT2D eigenvalue weighted by Gasteiger charge is 1.97. The number of aromatic nitrogens is 1. The number of pyridine rings is 1. The Balaban J connectivity index is 2.19. The smallest absolute Gasteiger partial charge is 0.213 e. The van der Waals surface area contributed by atoms with Gasteiger partial charge >= 0.3 is 0 Å². The van der Waals surface area contributed by atoms with Crippen molar-refractivity contribution in [2.24, 2.45) is 0 Å². The second kappa shape index (κ2) is 8.99. The molecule has 1 aromatic rings. The highest BCUT2D eigenvalue weighted by atomic mass is 16.5. The van der Waals surface area contributed by atoms with Crippen LogP contribution in [0.3, 0.4) is 0 Å². The summed E-state index contributed by atoms with van der Waals surface area (Å²) in [6, 6.07) is 4.01. The zero-order chi connectivity index (χ0) is 12.3. The van der Waals surface area contributed by atoms with Crippen molar-refractivity contribution in [2.75, 3.05) is 13.7 Å². The number of rotatable bonds is 9. The van der Waals surface area contributed by atoms with Crippen LogP contribution in [0.4, 0.5) is 0 Å². The lowest BCUT2D eigenvalue weighted by molar-refractivity contribution is 0.293. The van der Waals surface area contributed by atoms with E-state index in [1.165, 1.54) is 31.2 Å². The first-order chi connectivity index (χ1) is 8.36. The number of nitrogens with zero attached hydrogens (tertiary/aromatic N) is 1. The number of ether oxygens (including phenoxy) is 1. The third-order valence-corrected chi connectivity index (χ3v) is 2.68. The fourth-order valence-corrected chi connectivity index (χ4v) is 1.73. The van der Waals surface area contributed by atoms with Crippen LogP contribution in [-0.2, 0) is 6.54 Å². The molecule has 0 amide bonds. The Morgan fingerprint density at radius 2 is 2.06 bits per heavy atom. The molecule has 0 aliphatic heterocycles. The van der Waals surface area contributed by atoms with E-state index in [0.717, 1.165) is 25.5 Å². The summed E-state index contributed by atoms with van der Waals surface area (Å²) in [7, 11) is 1.94. The van der Waals surface area contributed by atoms with Crippen molar-refractivity contribution in [3.05, 3.63) is 23.9 Å². The molecule has 0 radical (unpaired) electrons. The van der Waals surface area contributed by atoms with Gasteiger partial charge < -0.3 is 10.1 Å². The van der Waals surface area contributed by atoms with Gasteiger partial charge in [-0.15, -0.1) is 0 Å². The summed E-state index contributed by atoms with van der Waals surface area (Å²) in [5.41, 5.74) is 1.21. The van der Waals surface area contributed by atoms with E-state index < -0.39 is 0 Å². The van der Waals surface area contributed by atoms with Crippen LogP contribution in [0.1, 0.15) is 44.6 Å². The van der Waals surface area contributed by atoms with E-state index in [-0.39, 0.29) is 0 Å². The van der Waals surface area contributed by atoms with Gasteiger partial charge in [0, 0.05) is 18.8 Å². The largest absolute Gasteiger partial charge is 0.478 e. The van der Waals surface area contributed by atoms with Crippen LogP contribution in [0, 0.1) is 0 Å². The van der Waals surface area contributed by atoms with E-state index in [1.807, 2.05) is 19.2 Å². The maximum atomic E-state index is 5.63. The SMILES string of the molecule is CCCCCCCOc1cc(CNC)ccn1. The molecule has 0 saturated heterocycles. The van der Waals surface area contributed by atoms with Gasteiger partial charge in [0.15, 0.2) is 0 Å². The lowest BCUT2D eigenvalue weighted by atomic mass is 10.2. The molecule has 1 rings (SSSR count). The summed E-state index contributed by atoms with van der Waals surface area (Å²) in [5, 5.41) is 3.12. The van der Waals surface area contributed by atoms with Gasteiger partial charge in [-0.25, -0.2) is 4.98 Å². The quantitative estimate of drug-likeness (QED) is 0.669. The van der Waals surface area contributed by atoms with Crippen LogP contribution in [0.2, 0.25) is 0 Å². The molecule has 0 spiro atoms. The molecule has 17 heavy (non-hydrogen) atoms. The molecule has 3 heteroatoms. The lowest BCUT2D eigenvalue weighted by Crippen LogP contribution is -2.06. The molecule has 0 bridgehead atoms. The molecule has 1 heterocycles. The molecular weight excluding hydrogens is 212 g/mol. The molecule has 0 aromatic carbocycles. The third kappa shape index (κ3) is 6.27. The van der Waals surface area contributed by atoms with Crippen molar-refractivity contribution in [2.45, 2.75) is 45.6 Å². The highest BCUT2D eigenvalue weighted by molar-refractivity contribution is 5.20. The Hall–Kier alpha value is -1.09. The minimum atomic E-state index is 0.744. The summed E-state index contributed by atoms with van der Waals surface area (Å²) < 4.78 is 5.63. The van der Waals surface area contributed by atoms with Crippen LogP contribution in [0.15, 0.2) is 18.3 Å². The predicted molar refractivity (Wildman–Crippen MR) is 71.3 cm³/mol. The van der Waals surface area contributed by atoms with Crippen molar-refractivity contribution in [1.29, 1.82) is 0 Å². The topological polar surface area (TPSA) is 34.1 Å². The molecule has 0 fully saturated rings. The molecule has 1 N–H and O–H groups in total. The maximum absolute atomic E-state index is 5.63. The molecule has 0 aliphatic carbocycles. The summed E-state index contributed by atoms with van der Waals surface area (Å²) in [6.07, 6.45) is 8.11. The van der Waals surface area contributed by atoms with Crippen molar-refractivity contribution in [1.82, 2.24) is 10.3 Å². The Kier molecular flexibility index (Phi) is 7.39. The summed E-state index contributed by atoms with van der Waals surface area (Å²) in [6.45, 7) is 3.86. The Morgan fingerprint density at radius 3 is 2.82 bits per heavy atom. The van der Waals surface area contributed by atoms with Gasteiger partial charge in [-0.05, 0) is 25.1 Å². The number of hydrogen-bond donors (Lipinski definition) is 1. The first-order valence-electron chi connectivity index (χ1n) is 6.59. The van der Waals surface area contributed by atoms with Crippen LogP contribution in [0.25, 0.3) is 0 Å². The van der Waals surface area contributed by atoms with E-state index >= 15 is 0 Å². The Labute approximate surface area is 105 Å². The van der Waals surface area contributed by atoms with Gasteiger partial charge in [0.2, 0.25) is 5.88 Å². The van der Waals surface area contributed by atoms with Crippen molar-refractivity contribution in [3.8, 4) is 5.88 Å². The fourth-order valence-electron chi connectivity index (χ4n) is 1.73. The maximum Gasteiger partial charge on any atom is 0.213 e. The summed E-state index contributed by atoms with van der Waals surface area (Å²) in [5.74, 6) is 0.744. The van der Waals surface area contributed by atoms with Gasteiger partial charge in [-0.1, -0.05) is 32.6 Å². The minimum Gasteiger partial charge on any atom is -0.478 e. The van der Waals surface area contributed by atoms with E-state index in [2.05, 4.69) is 17.2 Å². The zero-order valence-electron chi connectivity index (χ0n) is 11.0. The molecule has 96 valence electrons. The average Bonchev–Trinajstić information content (AvgIpc) is 2.35. The summed E-state index contributed by atoms with van der Waals surface area (Å²) >= 11 is 0. The van der Waals surface area contributed by atoms with Crippen LogP contribution >= 0.6 is 0 Å². The van der Waals surface area contributed by atoms with E-state index in [0.29, 0.717) is 0 Å². The normalized spacial score (nSPS) is 10.5. The van der Waals surface area contributed by atoms with E-state index in [1.54, 1.807) is 6.20 Å². The minimum absolute atomic E-state index is 0.744. The van der Waals surface area contributed by atoms with Gasteiger partial charge in [0.1, 0.15) is 0 Å². The second-order valence-electron chi connectivity index (χ2n) is 4.30. The van der Waals surface area contributed by atoms with Gasteiger partial charge in [-0.2, -0.15) is 0 Å². The molecule has 0 aliphatic rings. The van der Waals surface area contributed by atoms with Crippen molar-refractivity contribution in [3.63, 3.8) is 0 Å². The van der Waals surface area contributed by atoms with Crippen molar-refractivity contribution < 1.29 is 4.74 Å². The Morgan fingerprint density at radius 1 is 1.24 bits per heavy atom. The zero-order valence-corrected chi connectivity index (χ0v) is 11.0. The van der Waals surface area contributed by atoms with Gasteiger partial charge in [-0.3, -0.25) is 0 Å². The second-order valence-corrected chi connectivity index (χ2v) is 4.30. The first kappa shape index (κ1) is 14.0. The number of nitrogens with one attached hydrogen (secondary N) is 1. The van der Waals surface area contributed by atoms with Crippen LogP contribution < -0.4 is 10.1 Å². The molecule has 1 aromatic heterocycles. The molecule has 0 saturated carbocycles. The van der Waals surface area contributed by atoms with Gasteiger partial charge in [0.05, 0.1) is 6.61 Å². The monoisotopic (exact) mass is 236 g/mol. The van der Waals surface area contributed by atoms with Crippen LogP contribution in [0.5, 0.6) is 5.88 Å². The molecule has 0 atom stereocenters. The predicted octanol–water partition coefficient (Wildman–Crippen LogP) is 3.15. The van der Waals surface area contributed by atoms with E-state index in [9.17, 15) is 0 Å². The molecule has 3 nitrogen and oxygen atoms in total. The summed E-state index contributed by atoms with van der Waals surface area (Å²) in [4.78, 5) is 4.21. The number of unbranched alkanes of at least 4 members (excludes halogenated alkanes) is 4. The van der Waals surface area contributed by atoms with Crippen molar-refractivity contribution >= 4 is 0 Å². The number of hydrogen-bond acceptors (Lipinski definition) is 3. The average molecular weight is 236 g/mol. The van der Waals surface area contributed by atoms with E-state index in [4.69, 9.17) is 4.74 Å². The third-order valence-electron chi connectivity index (χ3n) is 2.68. The first-order valence-corrected chi connectivity index (χ1v) is 6.59. The Bertz CT molecular complexity index is 302. The highest BCUT2D eigenvalue weighted by Crippen LogP contribution is 2.10. The standard InChI is InChI=1S/C14H24N2O/c1-3-4-5-6-7-10-17-14-11-13(12-15-2)8-9-16-14/h8-9,11,15H,3-7,10,12H2,1-2H3. The lowest BCUT2D eigenvalue weighted by Gasteiger charge is -2.06. The van der Waals surface area contributed by atoms with Gasteiger partial charge in [0.25, 0.3) is 0 Å². The fraction of sp³-hybridized carbons (Fsp3) is 0.643.